The number of hydrogen-bond acceptors (Lipinski definition) is 4. The molecule has 6 heteroatoms. The Morgan fingerprint density at radius 3 is 2.83 bits per heavy atom. The molecular weight excluding hydrogens is 386 g/mol. The first-order valence-corrected chi connectivity index (χ1v) is 10.4. The molecule has 29 heavy (non-hydrogen) atoms. The van der Waals surface area contributed by atoms with Crippen LogP contribution in [0.25, 0.3) is 10.9 Å². The van der Waals surface area contributed by atoms with Gasteiger partial charge < -0.3 is 10.4 Å². The molecule has 1 fully saturated rings. The maximum atomic E-state index is 13.1. The largest absolute Gasteiger partial charge is 0.391 e. The van der Waals surface area contributed by atoms with E-state index in [1.807, 2.05) is 30.3 Å². The maximum Gasteiger partial charge on any atom is 0.253 e. The van der Waals surface area contributed by atoms with E-state index in [0.717, 1.165) is 47.8 Å². The number of hydrogen-bond donors (Lipinski definition) is 2. The Morgan fingerprint density at radius 1 is 1.21 bits per heavy atom. The molecule has 2 aromatic heterocycles. The molecule has 1 amide bonds. The van der Waals surface area contributed by atoms with Gasteiger partial charge in [-0.25, -0.2) is 4.98 Å². The van der Waals surface area contributed by atoms with Crippen LogP contribution in [0.1, 0.15) is 52.7 Å². The number of nitrogens with one attached hydrogen (secondary N) is 1. The Balaban J connectivity index is 1.72. The van der Waals surface area contributed by atoms with Crippen molar-refractivity contribution in [1.29, 1.82) is 0 Å². The van der Waals surface area contributed by atoms with Crippen LogP contribution < -0.4 is 5.32 Å². The minimum Gasteiger partial charge on any atom is -0.391 e. The summed E-state index contributed by atoms with van der Waals surface area (Å²) in [5.41, 5.74) is 4.39. The van der Waals surface area contributed by atoms with Crippen LogP contribution >= 0.6 is 11.6 Å². The van der Waals surface area contributed by atoms with Crippen molar-refractivity contribution in [3.63, 3.8) is 0 Å². The molecule has 1 aliphatic carbocycles. The van der Waals surface area contributed by atoms with Gasteiger partial charge in [0.05, 0.1) is 23.2 Å². The number of aryl methyl sites for hydroxylation is 1. The lowest BCUT2D eigenvalue weighted by Crippen LogP contribution is -2.45. The van der Waals surface area contributed by atoms with Gasteiger partial charge in [0, 0.05) is 17.8 Å². The number of halogens is 1. The number of carbonyl (C=O) groups is 1. The van der Waals surface area contributed by atoms with E-state index < -0.39 is 6.10 Å². The molecule has 0 bridgehead atoms. The zero-order valence-electron chi connectivity index (χ0n) is 16.4. The Morgan fingerprint density at radius 2 is 2.03 bits per heavy atom. The number of pyridine rings is 2. The van der Waals surface area contributed by atoms with Crippen LogP contribution in [-0.2, 0) is 6.42 Å². The molecule has 0 saturated heterocycles. The van der Waals surface area contributed by atoms with Crippen LogP contribution in [-0.4, -0.2) is 33.1 Å². The number of aliphatic hydroxyl groups is 1. The predicted molar refractivity (Wildman–Crippen MR) is 114 cm³/mol. The molecule has 0 unspecified atom stereocenters. The summed E-state index contributed by atoms with van der Waals surface area (Å²) in [5.74, 6) is -0.186. The second kappa shape index (κ2) is 8.47. The summed E-state index contributed by atoms with van der Waals surface area (Å²) in [7, 11) is 0. The summed E-state index contributed by atoms with van der Waals surface area (Å²) >= 11 is 6.04. The van der Waals surface area contributed by atoms with Crippen molar-refractivity contribution in [2.24, 2.45) is 0 Å². The summed E-state index contributed by atoms with van der Waals surface area (Å²) in [5, 5.41) is 14.7. The van der Waals surface area contributed by atoms with Crippen LogP contribution in [0.5, 0.6) is 0 Å². The van der Waals surface area contributed by atoms with E-state index in [0.29, 0.717) is 22.7 Å². The lowest BCUT2D eigenvalue weighted by atomic mass is 9.91. The van der Waals surface area contributed by atoms with Crippen LogP contribution in [0.2, 0.25) is 5.15 Å². The van der Waals surface area contributed by atoms with Gasteiger partial charge in [-0.15, -0.1) is 0 Å². The number of carbonyl (C=O) groups excluding carboxylic acids is 1. The number of benzene rings is 1. The molecular formula is C23H24ClN3O2. The number of fused-ring (bicyclic) bond motifs is 1. The summed E-state index contributed by atoms with van der Waals surface area (Å²) in [6.45, 7) is 2.05. The number of rotatable bonds is 4. The third-order valence-electron chi connectivity index (χ3n) is 5.74. The molecule has 4 rings (SSSR count). The van der Waals surface area contributed by atoms with Gasteiger partial charge in [-0.3, -0.25) is 9.78 Å². The third kappa shape index (κ3) is 4.26. The SMILES string of the molecule is Cc1c(Cc2ccnc(Cl)c2)cc(C(=O)N[C@H]2CCCC[C@@H]2O)c2ncccc12. The summed E-state index contributed by atoms with van der Waals surface area (Å²) in [6, 6.07) is 9.35. The van der Waals surface area contributed by atoms with Gasteiger partial charge in [0.25, 0.3) is 5.91 Å². The van der Waals surface area contributed by atoms with Crippen LogP contribution in [0.4, 0.5) is 0 Å². The van der Waals surface area contributed by atoms with Crippen molar-refractivity contribution in [2.75, 3.05) is 0 Å². The highest BCUT2D eigenvalue weighted by molar-refractivity contribution is 6.29. The summed E-state index contributed by atoms with van der Waals surface area (Å²) in [6.07, 6.45) is 7.09. The Kier molecular flexibility index (Phi) is 5.79. The van der Waals surface area contributed by atoms with Gasteiger partial charge in [-0.1, -0.05) is 30.5 Å². The normalized spacial score (nSPS) is 19.3. The summed E-state index contributed by atoms with van der Waals surface area (Å²) < 4.78 is 0. The van der Waals surface area contributed by atoms with E-state index in [9.17, 15) is 9.90 Å². The number of aliphatic hydroxyl groups excluding tert-OH is 1. The Labute approximate surface area is 175 Å². The van der Waals surface area contributed by atoms with Crippen LogP contribution in [0.15, 0.2) is 42.7 Å². The van der Waals surface area contributed by atoms with E-state index in [4.69, 9.17) is 11.6 Å². The molecule has 2 N–H and O–H groups in total. The van der Waals surface area contributed by atoms with Crippen molar-refractivity contribution >= 4 is 28.4 Å². The van der Waals surface area contributed by atoms with Gasteiger partial charge >= 0.3 is 0 Å². The second-order valence-electron chi connectivity index (χ2n) is 7.70. The van der Waals surface area contributed by atoms with Crippen molar-refractivity contribution in [3.8, 4) is 0 Å². The van der Waals surface area contributed by atoms with Crippen molar-refractivity contribution in [1.82, 2.24) is 15.3 Å². The highest BCUT2D eigenvalue weighted by Gasteiger charge is 2.26. The smallest absolute Gasteiger partial charge is 0.253 e. The van der Waals surface area contributed by atoms with E-state index >= 15 is 0 Å². The Hall–Kier alpha value is -2.50. The van der Waals surface area contributed by atoms with E-state index in [2.05, 4.69) is 22.2 Å². The van der Waals surface area contributed by atoms with E-state index in [-0.39, 0.29) is 11.9 Å². The average molecular weight is 410 g/mol. The fourth-order valence-electron chi connectivity index (χ4n) is 4.10. The molecule has 150 valence electrons. The van der Waals surface area contributed by atoms with Crippen molar-refractivity contribution in [2.45, 2.75) is 51.2 Å². The number of aromatic nitrogens is 2. The molecule has 0 spiro atoms. The molecule has 5 nitrogen and oxygen atoms in total. The highest BCUT2D eigenvalue weighted by atomic mass is 35.5. The van der Waals surface area contributed by atoms with E-state index in [1.54, 1.807) is 12.4 Å². The van der Waals surface area contributed by atoms with Gasteiger partial charge in [-0.2, -0.15) is 0 Å². The lowest BCUT2D eigenvalue weighted by molar-refractivity contribution is 0.0718. The van der Waals surface area contributed by atoms with Crippen LogP contribution in [0.3, 0.4) is 0 Å². The number of amides is 1. The molecule has 1 saturated carbocycles. The zero-order valence-corrected chi connectivity index (χ0v) is 17.1. The molecule has 0 aliphatic heterocycles. The molecule has 1 aromatic carbocycles. The minimum atomic E-state index is -0.490. The molecule has 2 heterocycles. The molecule has 0 radical (unpaired) electrons. The molecule has 3 aromatic rings. The van der Waals surface area contributed by atoms with Crippen molar-refractivity contribution in [3.05, 3.63) is 70.1 Å². The van der Waals surface area contributed by atoms with Gasteiger partial charge in [0.2, 0.25) is 0 Å². The van der Waals surface area contributed by atoms with E-state index in [1.165, 1.54) is 0 Å². The molecule has 2 atom stereocenters. The van der Waals surface area contributed by atoms with Gasteiger partial charge in [0.15, 0.2) is 0 Å². The first-order chi connectivity index (χ1) is 14.0. The third-order valence-corrected chi connectivity index (χ3v) is 5.95. The first-order valence-electron chi connectivity index (χ1n) is 9.99. The number of nitrogens with zero attached hydrogens (tertiary/aromatic N) is 2. The lowest BCUT2D eigenvalue weighted by Gasteiger charge is -2.28. The monoisotopic (exact) mass is 409 g/mol. The molecule has 1 aliphatic rings. The van der Waals surface area contributed by atoms with Gasteiger partial charge in [-0.05, 0) is 67.1 Å². The fourth-order valence-corrected chi connectivity index (χ4v) is 4.30. The zero-order chi connectivity index (χ0) is 20.4. The topological polar surface area (TPSA) is 75.1 Å². The Bertz CT molecular complexity index is 1050. The summed E-state index contributed by atoms with van der Waals surface area (Å²) in [4.78, 5) is 21.7. The van der Waals surface area contributed by atoms with Gasteiger partial charge in [0.1, 0.15) is 5.15 Å². The predicted octanol–water partition coefficient (Wildman–Crippen LogP) is 4.22. The van der Waals surface area contributed by atoms with Crippen molar-refractivity contribution < 1.29 is 9.90 Å². The highest BCUT2D eigenvalue weighted by Crippen LogP contribution is 2.27. The quantitative estimate of drug-likeness (QED) is 0.633. The standard InChI is InChI=1S/C23H24ClN3O2/c1-14-16(11-15-8-10-25-21(24)12-15)13-18(22-17(14)5-4-9-26-22)23(29)27-19-6-2-3-7-20(19)28/h4-5,8-10,12-13,19-20,28H,2-3,6-7,11H2,1H3,(H,27,29)/t19-,20-/m0/s1. The minimum absolute atomic E-state index is 0.186. The van der Waals surface area contributed by atoms with Crippen LogP contribution in [0, 0.1) is 6.92 Å². The fraction of sp³-hybridized carbons (Fsp3) is 0.348. The second-order valence-corrected chi connectivity index (χ2v) is 8.09. The first kappa shape index (κ1) is 19.8. The average Bonchev–Trinajstić information content (AvgIpc) is 2.72. The maximum absolute atomic E-state index is 13.1.